The fraction of sp³-hybridized carbons (Fsp3) is 0.100. The van der Waals surface area contributed by atoms with Crippen molar-refractivity contribution in [2.45, 2.75) is 16.5 Å². The number of carbonyl (C=O) groups excluding carboxylic acids is 1. The Morgan fingerprint density at radius 3 is 2.72 bits per heavy atom. The minimum absolute atomic E-state index is 0.180. The van der Waals surface area contributed by atoms with Crippen molar-refractivity contribution < 1.29 is 9.53 Å². The van der Waals surface area contributed by atoms with E-state index in [0.29, 0.717) is 17.2 Å². The molecule has 0 aliphatic carbocycles. The number of hydrogen-bond acceptors (Lipinski definition) is 4. The van der Waals surface area contributed by atoms with Crippen LogP contribution in [0.3, 0.4) is 0 Å². The van der Waals surface area contributed by atoms with E-state index in [0.717, 1.165) is 16.1 Å². The number of rotatable bonds is 6. The average molecular weight is 350 g/mol. The molecule has 0 spiro atoms. The number of amides is 1. The summed E-state index contributed by atoms with van der Waals surface area (Å²) in [5, 5.41) is 3.62. The molecule has 0 bridgehead atoms. The van der Waals surface area contributed by atoms with Crippen LogP contribution in [0, 0.1) is 0 Å². The number of hydrogen-bond donors (Lipinski definition) is 1. The minimum atomic E-state index is -0.180. The highest BCUT2D eigenvalue weighted by Gasteiger charge is 2.13. The zero-order valence-electron chi connectivity index (χ0n) is 13.8. The lowest BCUT2D eigenvalue weighted by Crippen LogP contribution is -2.13. The van der Waals surface area contributed by atoms with E-state index in [1.54, 1.807) is 25.4 Å². The first-order chi connectivity index (χ1) is 12.3. The summed E-state index contributed by atoms with van der Waals surface area (Å²) in [6.45, 7) is 0.506. The first kappa shape index (κ1) is 17.2. The second kappa shape index (κ2) is 8.46. The molecule has 5 heteroatoms. The first-order valence-electron chi connectivity index (χ1n) is 7.83. The highest BCUT2D eigenvalue weighted by atomic mass is 32.2. The fourth-order valence-electron chi connectivity index (χ4n) is 2.35. The van der Waals surface area contributed by atoms with E-state index in [-0.39, 0.29) is 5.91 Å². The molecule has 0 fully saturated rings. The third-order valence-electron chi connectivity index (χ3n) is 3.47. The molecule has 1 aromatic heterocycles. The van der Waals surface area contributed by atoms with Gasteiger partial charge in [0.05, 0.1) is 12.2 Å². The van der Waals surface area contributed by atoms with Crippen LogP contribution < -0.4 is 5.32 Å². The molecule has 0 aliphatic heterocycles. The van der Waals surface area contributed by atoms with Gasteiger partial charge >= 0.3 is 0 Å². The van der Waals surface area contributed by atoms with Crippen molar-refractivity contribution >= 4 is 23.4 Å². The molecule has 1 N–H and O–H groups in total. The van der Waals surface area contributed by atoms with Gasteiger partial charge in [-0.1, -0.05) is 42.1 Å². The van der Waals surface area contributed by atoms with Crippen molar-refractivity contribution in [3.8, 4) is 0 Å². The summed E-state index contributed by atoms with van der Waals surface area (Å²) in [5.41, 5.74) is 2.29. The lowest BCUT2D eigenvalue weighted by molar-refractivity contribution is 0.102. The molecular weight excluding hydrogens is 332 g/mol. The minimum Gasteiger partial charge on any atom is -0.380 e. The molecule has 3 aromatic rings. The Bertz CT molecular complexity index is 853. The Balaban J connectivity index is 1.79. The zero-order chi connectivity index (χ0) is 17.5. The van der Waals surface area contributed by atoms with E-state index in [1.807, 2.05) is 54.6 Å². The number of aromatic nitrogens is 1. The summed E-state index contributed by atoms with van der Waals surface area (Å²) in [7, 11) is 1.65. The van der Waals surface area contributed by atoms with Gasteiger partial charge in [0.25, 0.3) is 5.91 Å². The van der Waals surface area contributed by atoms with E-state index in [1.165, 1.54) is 11.8 Å². The Hall–Kier alpha value is -2.63. The summed E-state index contributed by atoms with van der Waals surface area (Å²) in [6.07, 6.45) is 1.70. The largest absolute Gasteiger partial charge is 0.380 e. The molecule has 2 aromatic carbocycles. The van der Waals surface area contributed by atoms with Crippen molar-refractivity contribution in [1.29, 1.82) is 0 Å². The summed E-state index contributed by atoms with van der Waals surface area (Å²) in [6, 6.07) is 21.1. The Labute approximate surface area is 151 Å². The van der Waals surface area contributed by atoms with Gasteiger partial charge in [-0.3, -0.25) is 4.79 Å². The summed E-state index contributed by atoms with van der Waals surface area (Å²) >= 11 is 1.47. The molecule has 0 saturated carbocycles. The number of carbonyl (C=O) groups is 1. The van der Waals surface area contributed by atoms with Crippen molar-refractivity contribution in [3.05, 3.63) is 84.1 Å². The van der Waals surface area contributed by atoms with Crippen molar-refractivity contribution in [2.75, 3.05) is 12.4 Å². The first-order valence-corrected chi connectivity index (χ1v) is 8.65. The van der Waals surface area contributed by atoms with E-state index < -0.39 is 0 Å². The van der Waals surface area contributed by atoms with Crippen LogP contribution in [0.5, 0.6) is 0 Å². The van der Waals surface area contributed by atoms with Gasteiger partial charge in [-0.05, 0) is 42.0 Å². The van der Waals surface area contributed by atoms with Gasteiger partial charge in [0.15, 0.2) is 0 Å². The van der Waals surface area contributed by atoms with Crippen LogP contribution in [0.1, 0.15) is 15.9 Å². The molecule has 4 nitrogen and oxygen atoms in total. The highest BCUT2D eigenvalue weighted by molar-refractivity contribution is 7.99. The molecule has 0 saturated heterocycles. The van der Waals surface area contributed by atoms with Crippen LogP contribution in [-0.4, -0.2) is 18.0 Å². The smallest absolute Gasteiger partial charge is 0.258 e. The normalized spacial score (nSPS) is 10.4. The molecular formula is C20H18N2O2S. The van der Waals surface area contributed by atoms with Crippen LogP contribution in [0.2, 0.25) is 0 Å². The van der Waals surface area contributed by atoms with Gasteiger partial charge in [-0.2, -0.15) is 0 Å². The van der Waals surface area contributed by atoms with E-state index in [2.05, 4.69) is 10.3 Å². The van der Waals surface area contributed by atoms with Gasteiger partial charge in [-0.25, -0.2) is 4.98 Å². The third-order valence-corrected chi connectivity index (χ3v) is 4.50. The molecule has 0 unspecified atom stereocenters. The Kier molecular flexibility index (Phi) is 5.82. The number of anilines is 1. The molecule has 1 amide bonds. The molecule has 0 aliphatic rings. The molecule has 0 radical (unpaired) electrons. The summed E-state index contributed by atoms with van der Waals surface area (Å²) < 4.78 is 5.13. The molecule has 0 atom stereocenters. The predicted octanol–water partition coefficient (Wildman–Crippen LogP) is 4.63. The maximum Gasteiger partial charge on any atom is 0.258 e. The number of nitrogens with one attached hydrogen (secondary N) is 1. The van der Waals surface area contributed by atoms with E-state index in [9.17, 15) is 4.79 Å². The zero-order valence-corrected chi connectivity index (χ0v) is 14.6. The third kappa shape index (κ3) is 4.68. The molecule has 25 heavy (non-hydrogen) atoms. The van der Waals surface area contributed by atoms with E-state index >= 15 is 0 Å². The topological polar surface area (TPSA) is 51.2 Å². The van der Waals surface area contributed by atoms with Crippen LogP contribution in [0.15, 0.2) is 82.8 Å². The summed E-state index contributed by atoms with van der Waals surface area (Å²) in [5.74, 6) is -0.180. The number of methoxy groups -OCH3 is 1. The van der Waals surface area contributed by atoms with Crippen molar-refractivity contribution in [2.24, 2.45) is 0 Å². The number of pyridine rings is 1. The fourth-order valence-corrected chi connectivity index (χ4v) is 3.25. The Morgan fingerprint density at radius 2 is 1.92 bits per heavy atom. The number of benzene rings is 2. The van der Waals surface area contributed by atoms with Gasteiger partial charge in [0.2, 0.25) is 0 Å². The van der Waals surface area contributed by atoms with Crippen molar-refractivity contribution in [3.63, 3.8) is 0 Å². The standard InChI is InChI=1S/C20H18N2O2S/c1-24-14-15-7-5-8-16(13-15)22-19(23)18-11-6-12-21-20(18)25-17-9-3-2-4-10-17/h2-13H,14H2,1H3,(H,22,23). The molecule has 1 heterocycles. The second-order valence-corrected chi connectivity index (χ2v) is 6.42. The summed E-state index contributed by atoms with van der Waals surface area (Å²) in [4.78, 5) is 18.1. The Morgan fingerprint density at radius 1 is 1.08 bits per heavy atom. The highest BCUT2D eigenvalue weighted by Crippen LogP contribution is 2.28. The lowest BCUT2D eigenvalue weighted by atomic mass is 10.2. The number of nitrogens with zero attached hydrogens (tertiary/aromatic N) is 1. The van der Waals surface area contributed by atoms with Crippen LogP contribution in [0.4, 0.5) is 5.69 Å². The van der Waals surface area contributed by atoms with Crippen LogP contribution in [-0.2, 0) is 11.3 Å². The maximum atomic E-state index is 12.7. The quantitative estimate of drug-likeness (QED) is 0.704. The second-order valence-electron chi connectivity index (χ2n) is 5.36. The van der Waals surface area contributed by atoms with Crippen LogP contribution >= 0.6 is 11.8 Å². The predicted molar refractivity (Wildman–Crippen MR) is 99.9 cm³/mol. The molecule has 3 rings (SSSR count). The van der Waals surface area contributed by atoms with Gasteiger partial charge in [0, 0.05) is 23.9 Å². The van der Waals surface area contributed by atoms with E-state index in [4.69, 9.17) is 4.74 Å². The van der Waals surface area contributed by atoms with Gasteiger partial charge < -0.3 is 10.1 Å². The average Bonchev–Trinajstić information content (AvgIpc) is 2.63. The molecule has 126 valence electrons. The van der Waals surface area contributed by atoms with Crippen molar-refractivity contribution in [1.82, 2.24) is 4.98 Å². The van der Waals surface area contributed by atoms with Gasteiger partial charge in [0.1, 0.15) is 5.03 Å². The maximum absolute atomic E-state index is 12.7. The van der Waals surface area contributed by atoms with Gasteiger partial charge in [-0.15, -0.1) is 0 Å². The SMILES string of the molecule is COCc1cccc(NC(=O)c2cccnc2Sc2ccccc2)c1. The van der Waals surface area contributed by atoms with Crippen LogP contribution in [0.25, 0.3) is 0 Å². The monoisotopic (exact) mass is 350 g/mol. The lowest BCUT2D eigenvalue weighted by Gasteiger charge is -2.10. The number of ether oxygens (including phenoxy) is 1.